The van der Waals surface area contributed by atoms with E-state index in [1.165, 1.54) is 26.1 Å². The third-order valence-corrected chi connectivity index (χ3v) is 7.04. The molecule has 1 saturated carbocycles. The Morgan fingerprint density at radius 3 is 2.65 bits per heavy atom. The summed E-state index contributed by atoms with van der Waals surface area (Å²) in [5.74, 6) is -1.55. The van der Waals surface area contributed by atoms with Crippen molar-refractivity contribution in [2.45, 2.75) is 57.3 Å². The molecule has 0 spiro atoms. The molecule has 11 heteroatoms. The van der Waals surface area contributed by atoms with Crippen molar-refractivity contribution in [1.82, 2.24) is 9.62 Å². The van der Waals surface area contributed by atoms with Crippen molar-refractivity contribution >= 4 is 33.8 Å². The fourth-order valence-electron chi connectivity index (χ4n) is 4.84. The summed E-state index contributed by atoms with van der Waals surface area (Å²) in [5.41, 5.74) is 6.69. The number of rotatable bonds is 8. The Kier molecular flexibility index (Phi) is 7.77. The van der Waals surface area contributed by atoms with Gasteiger partial charge in [-0.2, -0.15) is 0 Å². The highest BCUT2D eigenvalue weighted by Crippen LogP contribution is 2.44. The van der Waals surface area contributed by atoms with Gasteiger partial charge in [0.1, 0.15) is 5.82 Å². The predicted octanol–water partition coefficient (Wildman–Crippen LogP) is 1.23. The van der Waals surface area contributed by atoms with Crippen molar-refractivity contribution in [2.24, 2.45) is 16.6 Å². The number of hydrogen-bond donors (Lipinski definition) is 2. The number of allylic oxidation sites excluding steroid dienone is 1. The number of nitrogens with two attached hydrogens (primary N) is 1. The number of nitrogens with zero attached hydrogens (tertiary/aromatic N) is 2. The molecule has 4 rings (SSSR count). The number of halogens is 1. The molecule has 9 nitrogen and oxygen atoms in total. The lowest BCUT2D eigenvalue weighted by Crippen LogP contribution is -2.71. The minimum Gasteiger partial charge on any atom is -0.453 e. The standard InChI is InChI=1S/C23H31FN4O5S/c1-13(33-14(2)29)23(30)28-17-10-16(11-17)22(27-34(4,31)32)20(28)12-15-6-5-7-18(21(15)24)19(25)8-9-26-3/h5-9,13,16-17,20,22,27H,10-12,25H2,1-4H3/t13-,16?,17?,20+,22+/m1/s1. The molecule has 2 saturated heterocycles. The number of sulfonamides is 1. The molecule has 0 aromatic heterocycles. The summed E-state index contributed by atoms with van der Waals surface area (Å²) in [7, 11) is -2.03. The van der Waals surface area contributed by atoms with E-state index in [0.717, 1.165) is 6.26 Å². The number of aliphatic imine (C=N–C) groups is 1. The number of piperidine rings is 2. The van der Waals surface area contributed by atoms with Crippen LogP contribution in [0.25, 0.3) is 5.70 Å². The average molecular weight is 495 g/mol. The van der Waals surface area contributed by atoms with E-state index in [1.807, 2.05) is 0 Å². The van der Waals surface area contributed by atoms with Gasteiger partial charge < -0.3 is 15.4 Å². The Morgan fingerprint density at radius 1 is 1.38 bits per heavy atom. The van der Waals surface area contributed by atoms with Crippen LogP contribution in [0.1, 0.15) is 37.8 Å². The van der Waals surface area contributed by atoms with Crippen LogP contribution in [0.3, 0.4) is 0 Å². The molecule has 3 fully saturated rings. The van der Waals surface area contributed by atoms with E-state index < -0.39 is 45.9 Å². The quantitative estimate of drug-likeness (QED) is 0.413. The highest BCUT2D eigenvalue weighted by molar-refractivity contribution is 7.88. The van der Waals surface area contributed by atoms with E-state index in [1.54, 1.807) is 30.1 Å². The van der Waals surface area contributed by atoms with Crippen LogP contribution in [-0.4, -0.2) is 68.9 Å². The molecular weight excluding hydrogens is 463 g/mol. The summed E-state index contributed by atoms with van der Waals surface area (Å²) in [6, 6.07) is 3.41. The van der Waals surface area contributed by atoms with E-state index >= 15 is 4.39 Å². The average Bonchev–Trinajstić information content (AvgIpc) is 2.71. The molecule has 0 unspecified atom stereocenters. The molecule has 3 aliphatic rings. The van der Waals surface area contributed by atoms with E-state index in [0.29, 0.717) is 18.4 Å². The Hall–Kier alpha value is -2.79. The molecule has 186 valence electrons. The summed E-state index contributed by atoms with van der Waals surface area (Å²) in [6.45, 7) is 2.69. The van der Waals surface area contributed by atoms with Crippen LogP contribution in [0.4, 0.5) is 4.39 Å². The number of carbonyl (C=O) groups is 2. The number of ether oxygens (including phenoxy) is 1. The first kappa shape index (κ1) is 25.8. The molecule has 1 aromatic carbocycles. The first-order valence-electron chi connectivity index (χ1n) is 11.0. The second-order valence-electron chi connectivity index (χ2n) is 8.88. The van der Waals surface area contributed by atoms with Crippen molar-refractivity contribution in [2.75, 3.05) is 13.3 Å². The maximum atomic E-state index is 15.5. The second-order valence-corrected chi connectivity index (χ2v) is 10.7. The lowest BCUT2D eigenvalue weighted by molar-refractivity contribution is -0.168. The largest absolute Gasteiger partial charge is 0.453 e. The fourth-order valence-corrected chi connectivity index (χ4v) is 5.68. The summed E-state index contributed by atoms with van der Waals surface area (Å²) in [4.78, 5) is 30.1. The van der Waals surface area contributed by atoms with Crippen LogP contribution in [0.5, 0.6) is 0 Å². The number of hydrogen-bond acceptors (Lipinski definition) is 7. The fraction of sp³-hybridized carbons (Fsp3) is 0.522. The predicted molar refractivity (Wildman–Crippen MR) is 127 cm³/mol. The maximum absolute atomic E-state index is 15.5. The van der Waals surface area contributed by atoms with Gasteiger partial charge in [-0.3, -0.25) is 14.6 Å². The molecule has 1 aromatic rings. The topological polar surface area (TPSA) is 131 Å². The van der Waals surface area contributed by atoms with Crippen molar-refractivity contribution in [1.29, 1.82) is 0 Å². The third kappa shape index (κ3) is 5.64. The molecule has 1 amide bonds. The number of benzene rings is 1. The Morgan fingerprint density at radius 2 is 2.06 bits per heavy atom. The number of esters is 1. The first-order chi connectivity index (χ1) is 15.9. The normalized spacial score (nSPS) is 25.7. The van der Waals surface area contributed by atoms with Crippen LogP contribution < -0.4 is 10.5 Å². The summed E-state index contributed by atoms with van der Waals surface area (Å²) < 4.78 is 47.5. The van der Waals surface area contributed by atoms with E-state index in [9.17, 15) is 18.0 Å². The molecule has 1 aliphatic carbocycles. The van der Waals surface area contributed by atoms with Gasteiger partial charge in [-0.05, 0) is 49.8 Å². The highest BCUT2D eigenvalue weighted by atomic mass is 32.2. The molecule has 3 atom stereocenters. The number of fused-ring (bicyclic) bond motifs is 2. The Bertz CT molecular complexity index is 1110. The molecule has 34 heavy (non-hydrogen) atoms. The minimum absolute atomic E-state index is 0.0229. The van der Waals surface area contributed by atoms with Gasteiger partial charge in [0.2, 0.25) is 10.0 Å². The van der Waals surface area contributed by atoms with E-state index in [4.69, 9.17) is 10.5 Å². The molecular formula is C23H31FN4O5S. The number of carbonyl (C=O) groups excluding carboxylic acids is 2. The van der Waals surface area contributed by atoms with Gasteiger partial charge in [0.25, 0.3) is 5.91 Å². The van der Waals surface area contributed by atoms with Crippen LogP contribution >= 0.6 is 0 Å². The number of nitrogens with one attached hydrogen (secondary N) is 1. The molecule has 3 N–H and O–H groups in total. The SMILES string of the molecule is CN=CC=C(N)c1cccc(C[C@H]2[C@@H](NS(C)(=O)=O)C3CC(C3)N2C(=O)[C@@H](C)OC(C)=O)c1F. The zero-order valence-electron chi connectivity index (χ0n) is 19.7. The lowest BCUT2D eigenvalue weighted by Gasteiger charge is -2.58. The molecule has 0 radical (unpaired) electrons. The first-order valence-corrected chi connectivity index (χ1v) is 12.9. The van der Waals surface area contributed by atoms with Crippen LogP contribution in [0, 0.1) is 11.7 Å². The highest BCUT2D eigenvalue weighted by Gasteiger charge is 2.53. The van der Waals surface area contributed by atoms with Crippen molar-refractivity contribution < 1.29 is 27.1 Å². The van der Waals surface area contributed by atoms with Crippen molar-refractivity contribution in [3.8, 4) is 0 Å². The van der Waals surface area contributed by atoms with Crippen LogP contribution in [-0.2, 0) is 30.8 Å². The molecule has 2 heterocycles. The smallest absolute Gasteiger partial charge is 0.303 e. The van der Waals surface area contributed by atoms with E-state index in [2.05, 4.69) is 9.71 Å². The zero-order valence-corrected chi connectivity index (χ0v) is 20.5. The van der Waals surface area contributed by atoms with Crippen LogP contribution in [0.2, 0.25) is 0 Å². The number of amides is 1. The molecule has 2 bridgehead atoms. The van der Waals surface area contributed by atoms with Gasteiger partial charge in [0.05, 0.1) is 12.3 Å². The lowest BCUT2D eigenvalue weighted by atomic mass is 9.66. The Labute approximate surface area is 199 Å². The van der Waals surface area contributed by atoms with Gasteiger partial charge in [-0.1, -0.05) is 12.1 Å². The van der Waals surface area contributed by atoms with Gasteiger partial charge in [0, 0.05) is 43.5 Å². The summed E-state index contributed by atoms with van der Waals surface area (Å²) in [6.07, 6.45) is 4.27. The minimum atomic E-state index is -3.60. The summed E-state index contributed by atoms with van der Waals surface area (Å²) >= 11 is 0. The van der Waals surface area contributed by atoms with Crippen molar-refractivity contribution in [3.05, 3.63) is 41.2 Å². The zero-order chi connectivity index (χ0) is 25.2. The Balaban J connectivity index is 2.00. The van der Waals surface area contributed by atoms with Gasteiger partial charge in [0.15, 0.2) is 6.10 Å². The monoisotopic (exact) mass is 494 g/mol. The maximum Gasteiger partial charge on any atom is 0.303 e. The van der Waals surface area contributed by atoms with Gasteiger partial charge in [-0.25, -0.2) is 17.5 Å². The van der Waals surface area contributed by atoms with Gasteiger partial charge >= 0.3 is 5.97 Å². The van der Waals surface area contributed by atoms with Gasteiger partial charge in [-0.15, -0.1) is 0 Å². The molecule has 2 aliphatic heterocycles. The summed E-state index contributed by atoms with van der Waals surface area (Å²) in [5, 5.41) is 0. The third-order valence-electron chi connectivity index (χ3n) is 6.34. The second kappa shape index (κ2) is 10.2. The van der Waals surface area contributed by atoms with Crippen LogP contribution in [0.15, 0.2) is 29.3 Å². The van der Waals surface area contributed by atoms with E-state index in [-0.39, 0.29) is 29.6 Å². The van der Waals surface area contributed by atoms with Crippen molar-refractivity contribution in [3.63, 3.8) is 0 Å².